The van der Waals surface area contributed by atoms with Crippen LogP contribution in [0.1, 0.15) is 29.5 Å². The number of nitrogens with zero attached hydrogens (tertiary/aromatic N) is 1. The summed E-state index contributed by atoms with van der Waals surface area (Å²) >= 11 is 0. The molecule has 3 rings (SSSR count). The number of carbonyl (C=O) groups excluding carboxylic acids is 1. The third kappa shape index (κ3) is 4.56. The van der Waals surface area contributed by atoms with E-state index in [0.29, 0.717) is 12.1 Å². The fraction of sp³-hybridized carbons (Fsp3) is 0.350. The van der Waals surface area contributed by atoms with E-state index in [9.17, 15) is 18.0 Å². The summed E-state index contributed by atoms with van der Waals surface area (Å²) in [5, 5.41) is 0. The Hall–Kier alpha value is -2.50. The van der Waals surface area contributed by atoms with Crippen molar-refractivity contribution in [1.82, 2.24) is 4.90 Å². The van der Waals surface area contributed by atoms with E-state index in [1.807, 2.05) is 12.1 Å². The van der Waals surface area contributed by atoms with Gasteiger partial charge in [0.05, 0.1) is 19.1 Å². The van der Waals surface area contributed by atoms with Crippen LogP contribution in [0.5, 0.6) is 5.75 Å². The van der Waals surface area contributed by atoms with Crippen molar-refractivity contribution >= 4 is 5.91 Å². The molecule has 0 atom stereocenters. The SMILES string of the molecule is COc1ccc(CC(=O)N(Cc2ccc(C(F)(F)F)cc2)C2CC2)cc1. The van der Waals surface area contributed by atoms with Crippen molar-refractivity contribution in [2.75, 3.05) is 7.11 Å². The zero-order chi connectivity index (χ0) is 18.7. The Morgan fingerprint density at radius 3 is 2.12 bits per heavy atom. The van der Waals surface area contributed by atoms with Gasteiger partial charge in [0.15, 0.2) is 0 Å². The molecule has 0 unspecified atom stereocenters. The van der Waals surface area contributed by atoms with Gasteiger partial charge in [-0.15, -0.1) is 0 Å². The van der Waals surface area contributed by atoms with E-state index in [2.05, 4.69) is 0 Å². The van der Waals surface area contributed by atoms with Crippen molar-refractivity contribution in [1.29, 1.82) is 0 Å². The second-order valence-corrected chi connectivity index (χ2v) is 6.47. The van der Waals surface area contributed by atoms with Gasteiger partial charge in [-0.25, -0.2) is 0 Å². The number of benzene rings is 2. The quantitative estimate of drug-likeness (QED) is 0.759. The molecule has 2 aromatic rings. The summed E-state index contributed by atoms with van der Waals surface area (Å²) in [6.45, 7) is 0.331. The molecule has 0 radical (unpaired) electrons. The van der Waals surface area contributed by atoms with Crippen LogP contribution in [0.15, 0.2) is 48.5 Å². The minimum Gasteiger partial charge on any atom is -0.497 e. The number of halogens is 3. The van der Waals surface area contributed by atoms with E-state index in [0.717, 1.165) is 36.3 Å². The van der Waals surface area contributed by atoms with E-state index < -0.39 is 11.7 Å². The number of alkyl halides is 3. The number of hydrogen-bond acceptors (Lipinski definition) is 2. The molecule has 0 bridgehead atoms. The highest BCUT2D eigenvalue weighted by Gasteiger charge is 2.33. The second-order valence-electron chi connectivity index (χ2n) is 6.47. The van der Waals surface area contributed by atoms with E-state index in [4.69, 9.17) is 4.74 Å². The Labute approximate surface area is 150 Å². The second kappa shape index (κ2) is 7.40. The van der Waals surface area contributed by atoms with Crippen LogP contribution in [0.2, 0.25) is 0 Å². The minimum absolute atomic E-state index is 0.0161. The average molecular weight is 363 g/mol. The molecule has 26 heavy (non-hydrogen) atoms. The Balaban J connectivity index is 1.67. The molecule has 0 spiro atoms. The maximum Gasteiger partial charge on any atom is 0.416 e. The lowest BCUT2D eigenvalue weighted by molar-refractivity contribution is -0.137. The lowest BCUT2D eigenvalue weighted by Crippen LogP contribution is -2.33. The lowest BCUT2D eigenvalue weighted by Gasteiger charge is -2.23. The van der Waals surface area contributed by atoms with Crippen molar-refractivity contribution < 1.29 is 22.7 Å². The Morgan fingerprint density at radius 2 is 1.62 bits per heavy atom. The maximum absolute atomic E-state index is 12.7. The van der Waals surface area contributed by atoms with Gasteiger partial charge in [-0.1, -0.05) is 24.3 Å². The molecular weight excluding hydrogens is 343 g/mol. The lowest BCUT2D eigenvalue weighted by atomic mass is 10.1. The molecule has 2 aromatic carbocycles. The molecule has 1 aliphatic rings. The van der Waals surface area contributed by atoms with Gasteiger partial charge in [0.1, 0.15) is 5.75 Å². The smallest absolute Gasteiger partial charge is 0.416 e. The van der Waals surface area contributed by atoms with Crippen LogP contribution in [0.3, 0.4) is 0 Å². The number of rotatable bonds is 6. The van der Waals surface area contributed by atoms with E-state index >= 15 is 0 Å². The average Bonchev–Trinajstić information content (AvgIpc) is 3.45. The normalized spacial score (nSPS) is 14.2. The number of amides is 1. The first-order valence-electron chi connectivity index (χ1n) is 8.45. The van der Waals surface area contributed by atoms with Crippen LogP contribution in [-0.4, -0.2) is 24.0 Å². The van der Waals surface area contributed by atoms with Gasteiger partial charge in [0, 0.05) is 12.6 Å². The molecule has 0 N–H and O–H groups in total. The van der Waals surface area contributed by atoms with Crippen molar-refractivity contribution in [2.45, 2.75) is 38.0 Å². The predicted molar refractivity (Wildman–Crippen MR) is 91.7 cm³/mol. The van der Waals surface area contributed by atoms with Crippen LogP contribution >= 0.6 is 0 Å². The predicted octanol–water partition coefficient (Wildman–Crippen LogP) is 4.45. The fourth-order valence-corrected chi connectivity index (χ4v) is 2.82. The molecule has 3 nitrogen and oxygen atoms in total. The summed E-state index contributed by atoms with van der Waals surface area (Å²) in [4.78, 5) is 14.5. The fourth-order valence-electron chi connectivity index (χ4n) is 2.82. The highest BCUT2D eigenvalue weighted by atomic mass is 19.4. The van der Waals surface area contributed by atoms with Gasteiger partial charge in [-0.05, 0) is 48.2 Å². The summed E-state index contributed by atoms with van der Waals surface area (Å²) in [7, 11) is 1.58. The third-order valence-corrected chi connectivity index (χ3v) is 4.46. The van der Waals surface area contributed by atoms with Gasteiger partial charge in [0.2, 0.25) is 5.91 Å². The first-order chi connectivity index (χ1) is 12.4. The molecule has 6 heteroatoms. The Morgan fingerprint density at radius 1 is 1.04 bits per heavy atom. The number of ether oxygens (including phenoxy) is 1. The third-order valence-electron chi connectivity index (χ3n) is 4.46. The van der Waals surface area contributed by atoms with Crippen LogP contribution in [0, 0.1) is 0 Å². The first kappa shape index (κ1) is 18.3. The van der Waals surface area contributed by atoms with Gasteiger partial charge in [-0.3, -0.25) is 4.79 Å². The highest BCUT2D eigenvalue weighted by molar-refractivity contribution is 5.79. The molecule has 0 saturated heterocycles. The van der Waals surface area contributed by atoms with Crippen LogP contribution < -0.4 is 4.74 Å². The molecule has 1 aliphatic carbocycles. The molecule has 138 valence electrons. The molecular formula is C20H20F3NO2. The minimum atomic E-state index is -4.35. The summed E-state index contributed by atoms with van der Waals surface area (Å²) < 4.78 is 43.1. The molecule has 1 amide bonds. The summed E-state index contributed by atoms with van der Waals surface area (Å²) in [5.41, 5.74) is 0.908. The van der Waals surface area contributed by atoms with Gasteiger partial charge >= 0.3 is 6.18 Å². The number of carbonyl (C=O) groups is 1. The Kier molecular flexibility index (Phi) is 5.20. The summed E-state index contributed by atoms with van der Waals surface area (Å²) in [5.74, 6) is 0.711. The number of hydrogen-bond donors (Lipinski definition) is 0. The summed E-state index contributed by atoms with van der Waals surface area (Å²) in [6, 6.07) is 12.5. The monoisotopic (exact) mass is 363 g/mol. The van der Waals surface area contributed by atoms with Crippen molar-refractivity contribution in [3.8, 4) is 5.75 Å². The van der Waals surface area contributed by atoms with Crippen molar-refractivity contribution in [3.05, 3.63) is 65.2 Å². The zero-order valence-electron chi connectivity index (χ0n) is 14.4. The first-order valence-corrected chi connectivity index (χ1v) is 8.45. The van der Waals surface area contributed by atoms with E-state index in [1.165, 1.54) is 12.1 Å². The zero-order valence-corrected chi connectivity index (χ0v) is 14.4. The topological polar surface area (TPSA) is 29.5 Å². The van der Waals surface area contributed by atoms with E-state index in [-0.39, 0.29) is 18.4 Å². The summed E-state index contributed by atoms with van der Waals surface area (Å²) in [6.07, 6.45) is -2.20. The van der Waals surface area contributed by atoms with Crippen molar-refractivity contribution in [3.63, 3.8) is 0 Å². The Bertz CT molecular complexity index is 750. The van der Waals surface area contributed by atoms with Gasteiger partial charge in [0.25, 0.3) is 0 Å². The maximum atomic E-state index is 12.7. The largest absolute Gasteiger partial charge is 0.497 e. The highest BCUT2D eigenvalue weighted by Crippen LogP contribution is 2.31. The van der Waals surface area contributed by atoms with Crippen LogP contribution in [0.4, 0.5) is 13.2 Å². The molecule has 0 aliphatic heterocycles. The molecule has 1 fully saturated rings. The van der Waals surface area contributed by atoms with Gasteiger partial charge < -0.3 is 9.64 Å². The van der Waals surface area contributed by atoms with Gasteiger partial charge in [-0.2, -0.15) is 13.2 Å². The van der Waals surface area contributed by atoms with Crippen molar-refractivity contribution in [2.24, 2.45) is 0 Å². The molecule has 1 saturated carbocycles. The molecule has 0 aromatic heterocycles. The van der Waals surface area contributed by atoms with E-state index in [1.54, 1.807) is 24.1 Å². The number of methoxy groups -OCH3 is 1. The van der Waals surface area contributed by atoms with Crippen LogP contribution in [-0.2, 0) is 23.9 Å². The van der Waals surface area contributed by atoms with Crippen LogP contribution in [0.25, 0.3) is 0 Å². The standard InChI is InChI=1S/C20H20F3NO2/c1-26-18-10-4-14(5-11-18)12-19(25)24(17-8-9-17)13-15-2-6-16(7-3-15)20(21,22)23/h2-7,10-11,17H,8-9,12-13H2,1H3. The molecule has 0 heterocycles.